The molecule has 0 spiro atoms. The Bertz CT molecular complexity index is 1770. The van der Waals surface area contributed by atoms with Crippen molar-refractivity contribution in [1.82, 2.24) is 20.5 Å². The average Bonchev–Trinajstić information content (AvgIpc) is 3.75. The van der Waals surface area contributed by atoms with Gasteiger partial charge in [-0.3, -0.25) is 19.2 Å². The number of likely N-dealkylation sites (tertiary alicyclic amines) is 1. The Morgan fingerprint density at radius 3 is 2.36 bits per heavy atom. The molecule has 55 heavy (non-hydrogen) atoms. The van der Waals surface area contributed by atoms with E-state index in [1.807, 2.05) is 84.3 Å². The van der Waals surface area contributed by atoms with Gasteiger partial charge in [-0.2, -0.15) is 0 Å². The normalized spacial score (nSPS) is 18.0. The van der Waals surface area contributed by atoms with E-state index in [1.54, 1.807) is 11.3 Å². The zero-order valence-electron chi connectivity index (χ0n) is 33.4. The summed E-state index contributed by atoms with van der Waals surface area (Å²) in [6.45, 7) is 13.9. The van der Waals surface area contributed by atoms with Crippen LogP contribution in [-0.4, -0.2) is 75.5 Å². The third kappa shape index (κ3) is 12.4. The zero-order chi connectivity index (χ0) is 40.4. The summed E-state index contributed by atoms with van der Waals surface area (Å²) in [7, 11) is 0. The van der Waals surface area contributed by atoms with Crippen LogP contribution in [0, 0.1) is 19.3 Å². The summed E-state index contributed by atoms with van der Waals surface area (Å²) in [6.07, 6.45) is 2.24. The van der Waals surface area contributed by atoms with Gasteiger partial charge in [0.1, 0.15) is 12.1 Å². The van der Waals surface area contributed by atoms with Crippen molar-refractivity contribution < 1.29 is 29.0 Å². The van der Waals surface area contributed by atoms with Crippen molar-refractivity contribution >= 4 is 35.0 Å². The number of aromatic nitrogens is 1. The summed E-state index contributed by atoms with van der Waals surface area (Å²) < 4.78 is 5.96. The molecule has 4 amide bonds. The minimum atomic E-state index is -0.876. The number of nitrogens with one attached hydrogen (secondary N) is 2. The van der Waals surface area contributed by atoms with E-state index in [1.165, 1.54) is 4.90 Å². The van der Waals surface area contributed by atoms with Crippen LogP contribution in [0.4, 0.5) is 0 Å². The molecule has 2 heterocycles. The summed E-state index contributed by atoms with van der Waals surface area (Å²) in [5.41, 5.74) is 18.8. The van der Waals surface area contributed by atoms with E-state index >= 15 is 0 Å². The van der Waals surface area contributed by atoms with E-state index in [-0.39, 0.29) is 67.6 Å². The van der Waals surface area contributed by atoms with Gasteiger partial charge in [0.05, 0.1) is 40.9 Å². The second-order valence-electron chi connectivity index (χ2n) is 16.0. The number of primary amides is 1. The highest BCUT2D eigenvalue weighted by Gasteiger charge is 2.44. The molecule has 6 atom stereocenters. The lowest BCUT2D eigenvalue weighted by molar-refractivity contribution is -0.144. The Hall–Kier alpha value is -4.17. The fourth-order valence-corrected chi connectivity index (χ4v) is 7.64. The molecular formula is C42H60N6O6S. The largest absolute Gasteiger partial charge is 0.391 e. The van der Waals surface area contributed by atoms with Gasteiger partial charge in [0, 0.05) is 31.8 Å². The zero-order valence-corrected chi connectivity index (χ0v) is 34.2. The standard InChI is InChI=1S/C42H60N6O6S/c1-25-20-29(12-13-32(25)23-54-28(4)34(43)18-19-36(44)50)10-8-9-11-37(51)47-39(42(5,6)7)41(53)48-22-33(49)21-35(48)40(52)46-26(2)30-14-16-31(17-15-30)38-27(3)45-24-55-38/h12-17,20,24,26,28,33-35,39,49H,8-11,18-19,21-23,43H2,1-7H3,(H2,44,50)(H,46,52)(H,47,51)/t26-,28+,33+,34-,35-,39+/m0/s1. The highest BCUT2D eigenvalue weighted by atomic mass is 32.1. The Balaban J connectivity index is 1.27. The number of hydrogen-bond acceptors (Lipinski definition) is 9. The Labute approximate surface area is 329 Å². The minimum absolute atomic E-state index is 0.0184. The molecule has 300 valence electrons. The van der Waals surface area contributed by atoms with Crippen molar-refractivity contribution in [3.05, 3.63) is 75.9 Å². The van der Waals surface area contributed by atoms with Crippen LogP contribution in [0.2, 0.25) is 0 Å². The number of aryl methyl sites for hydroxylation is 3. The van der Waals surface area contributed by atoms with Crippen LogP contribution in [0.15, 0.2) is 48.0 Å². The molecule has 2 aromatic carbocycles. The first kappa shape index (κ1) is 43.6. The number of unbranched alkanes of at least 4 members (excludes halogenated alkanes) is 1. The van der Waals surface area contributed by atoms with Gasteiger partial charge >= 0.3 is 0 Å². The second kappa shape index (κ2) is 19.6. The number of ether oxygens (including phenoxy) is 1. The highest BCUT2D eigenvalue weighted by Crippen LogP contribution is 2.30. The number of amides is 4. The van der Waals surface area contributed by atoms with Gasteiger partial charge in [-0.15, -0.1) is 11.3 Å². The molecule has 1 aliphatic heterocycles. The molecule has 0 unspecified atom stereocenters. The van der Waals surface area contributed by atoms with E-state index in [9.17, 15) is 24.3 Å². The SMILES string of the molecule is Cc1cc(CCCCC(=O)N[C@H](C(=O)N2C[C@H](O)C[C@H]2C(=O)N[C@@H](C)c2ccc(-c3scnc3C)cc2)C(C)(C)C)ccc1CO[C@H](C)[C@@H](N)CCC(N)=O. The molecule has 7 N–H and O–H groups in total. The maximum absolute atomic E-state index is 14.1. The van der Waals surface area contributed by atoms with Gasteiger partial charge in [0.25, 0.3) is 0 Å². The molecule has 1 aliphatic rings. The van der Waals surface area contributed by atoms with Crippen LogP contribution in [0.3, 0.4) is 0 Å². The lowest BCUT2D eigenvalue weighted by Gasteiger charge is -2.35. The number of nitrogens with zero attached hydrogens (tertiary/aromatic N) is 2. The van der Waals surface area contributed by atoms with Gasteiger partial charge in [-0.25, -0.2) is 4.98 Å². The van der Waals surface area contributed by atoms with Crippen molar-refractivity contribution in [3.8, 4) is 10.4 Å². The predicted octanol–water partition coefficient (Wildman–Crippen LogP) is 5.01. The van der Waals surface area contributed by atoms with Crippen molar-refractivity contribution in [2.24, 2.45) is 16.9 Å². The first-order valence-electron chi connectivity index (χ1n) is 19.3. The number of rotatable bonds is 18. The Kier molecular flexibility index (Phi) is 15.5. The lowest BCUT2D eigenvalue weighted by atomic mass is 9.85. The number of β-amino-alcohol motifs (C(OH)–C–C–N with tert-alkyl or cyclic N) is 1. The average molecular weight is 777 g/mol. The molecule has 1 fully saturated rings. The fourth-order valence-electron chi connectivity index (χ4n) is 6.83. The molecule has 0 saturated carbocycles. The molecule has 1 saturated heterocycles. The summed E-state index contributed by atoms with van der Waals surface area (Å²) in [5, 5.41) is 16.6. The molecular weight excluding hydrogens is 717 g/mol. The van der Waals surface area contributed by atoms with Crippen LogP contribution in [-0.2, 0) is 36.9 Å². The minimum Gasteiger partial charge on any atom is -0.391 e. The first-order valence-corrected chi connectivity index (χ1v) is 20.1. The van der Waals surface area contributed by atoms with Crippen molar-refractivity contribution in [1.29, 1.82) is 0 Å². The second-order valence-corrected chi connectivity index (χ2v) is 16.9. The predicted molar refractivity (Wildman–Crippen MR) is 216 cm³/mol. The smallest absolute Gasteiger partial charge is 0.246 e. The van der Waals surface area contributed by atoms with E-state index in [2.05, 4.69) is 27.8 Å². The fraction of sp³-hybridized carbons (Fsp3) is 0.548. The maximum Gasteiger partial charge on any atom is 0.246 e. The molecule has 4 rings (SSSR count). The summed E-state index contributed by atoms with van der Waals surface area (Å²) >= 11 is 1.58. The number of benzene rings is 2. The summed E-state index contributed by atoms with van der Waals surface area (Å²) in [5.74, 6) is -1.32. The lowest BCUT2D eigenvalue weighted by Crippen LogP contribution is -2.57. The Morgan fingerprint density at radius 1 is 1.04 bits per heavy atom. The van der Waals surface area contributed by atoms with Crippen LogP contribution in [0.25, 0.3) is 10.4 Å². The summed E-state index contributed by atoms with van der Waals surface area (Å²) in [4.78, 5) is 58.8. The van der Waals surface area contributed by atoms with Crippen LogP contribution < -0.4 is 22.1 Å². The van der Waals surface area contributed by atoms with Crippen molar-refractivity contribution in [3.63, 3.8) is 0 Å². The molecule has 0 aliphatic carbocycles. The van der Waals surface area contributed by atoms with Crippen LogP contribution >= 0.6 is 11.3 Å². The van der Waals surface area contributed by atoms with Crippen LogP contribution in [0.1, 0.15) is 107 Å². The number of thiazole rings is 1. The van der Waals surface area contributed by atoms with Gasteiger partial charge < -0.3 is 36.8 Å². The number of aliphatic hydroxyl groups is 1. The highest BCUT2D eigenvalue weighted by molar-refractivity contribution is 7.13. The number of carbonyl (C=O) groups excluding carboxylic acids is 4. The van der Waals surface area contributed by atoms with Gasteiger partial charge in [-0.1, -0.05) is 63.2 Å². The third-order valence-electron chi connectivity index (χ3n) is 10.4. The Morgan fingerprint density at radius 2 is 1.75 bits per heavy atom. The third-order valence-corrected chi connectivity index (χ3v) is 11.4. The molecule has 12 nitrogen and oxygen atoms in total. The number of aliphatic hydroxyl groups excluding tert-OH is 1. The molecule has 3 aromatic rings. The maximum atomic E-state index is 14.1. The number of nitrogens with two attached hydrogens (primary N) is 2. The van der Waals surface area contributed by atoms with Crippen molar-refractivity contribution in [2.75, 3.05) is 6.54 Å². The summed E-state index contributed by atoms with van der Waals surface area (Å²) in [6, 6.07) is 11.9. The number of hydrogen-bond donors (Lipinski definition) is 5. The topological polar surface area (TPSA) is 190 Å². The van der Waals surface area contributed by atoms with Gasteiger partial charge in [0.2, 0.25) is 23.6 Å². The quantitative estimate of drug-likeness (QED) is 0.112. The first-order chi connectivity index (χ1) is 25.9. The van der Waals surface area contributed by atoms with E-state index in [0.29, 0.717) is 19.4 Å². The molecule has 1 aromatic heterocycles. The molecule has 13 heteroatoms. The van der Waals surface area contributed by atoms with E-state index in [4.69, 9.17) is 16.2 Å². The monoisotopic (exact) mass is 776 g/mol. The van der Waals surface area contributed by atoms with E-state index in [0.717, 1.165) is 51.2 Å². The van der Waals surface area contributed by atoms with E-state index < -0.39 is 23.6 Å². The van der Waals surface area contributed by atoms with Crippen LogP contribution in [0.5, 0.6) is 0 Å². The van der Waals surface area contributed by atoms with Gasteiger partial charge in [0.15, 0.2) is 0 Å². The van der Waals surface area contributed by atoms with Gasteiger partial charge in [-0.05, 0) is 86.6 Å². The molecule has 0 radical (unpaired) electrons. The molecule has 0 bridgehead atoms. The van der Waals surface area contributed by atoms with Crippen molar-refractivity contribution in [2.45, 2.75) is 136 Å². The number of carbonyl (C=O) groups is 4.